The van der Waals surface area contributed by atoms with Gasteiger partial charge in [0.2, 0.25) is 5.95 Å². The van der Waals surface area contributed by atoms with Crippen molar-refractivity contribution in [2.24, 2.45) is 0 Å². The van der Waals surface area contributed by atoms with Gasteiger partial charge in [0.15, 0.2) is 10.8 Å². The van der Waals surface area contributed by atoms with E-state index in [1.165, 1.54) is 24.0 Å². The molecule has 0 radical (unpaired) electrons. The molecule has 6 heteroatoms. The van der Waals surface area contributed by atoms with Crippen LogP contribution in [0.25, 0.3) is 5.65 Å². The summed E-state index contributed by atoms with van der Waals surface area (Å²) < 4.78 is 14.8. The van der Waals surface area contributed by atoms with Crippen LogP contribution in [-0.4, -0.2) is 19.6 Å². The lowest BCUT2D eigenvalue weighted by atomic mass is 10.5. The minimum atomic E-state index is -0.496. The normalized spacial score (nSPS) is 10.9. The maximum atomic E-state index is 12.9. The molecule has 0 aliphatic heterocycles. The zero-order valence-electron chi connectivity index (χ0n) is 8.62. The summed E-state index contributed by atoms with van der Waals surface area (Å²) >= 11 is 1.35. The molecule has 0 saturated heterocycles. The molecule has 0 aliphatic rings. The zero-order valence-corrected chi connectivity index (χ0v) is 9.43. The molecule has 0 aromatic carbocycles. The number of halogens is 1. The van der Waals surface area contributed by atoms with Gasteiger partial charge in [-0.25, -0.2) is 4.98 Å². The molecule has 17 heavy (non-hydrogen) atoms. The molecule has 0 bridgehead atoms. The van der Waals surface area contributed by atoms with Crippen LogP contribution in [0.4, 0.5) is 4.39 Å². The Labute approximate surface area is 101 Å². The Bertz CT molecular complexity index is 667. The molecule has 0 fully saturated rings. The van der Waals surface area contributed by atoms with Gasteiger partial charge in [-0.05, 0) is 30.0 Å². The van der Waals surface area contributed by atoms with Gasteiger partial charge in [0, 0.05) is 23.4 Å². The van der Waals surface area contributed by atoms with E-state index in [0.717, 1.165) is 10.5 Å². The monoisotopic (exact) mass is 246 g/mol. The second kappa shape index (κ2) is 4.14. The maximum absolute atomic E-state index is 12.9. The molecule has 3 aromatic rings. The highest BCUT2D eigenvalue weighted by Crippen LogP contribution is 2.25. The van der Waals surface area contributed by atoms with Crippen molar-refractivity contribution in [1.29, 1.82) is 0 Å². The molecule has 3 rings (SSSR count). The number of hydrogen-bond acceptors (Lipinski definition) is 4. The average Bonchev–Trinajstić information content (AvgIpc) is 2.73. The number of fused-ring (bicyclic) bond motifs is 1. The minimum absolute atomic E-state index is 0.496. The van der Waals surface area contributed by atoms with E-state index in [1.807, 2.05) is 28.8 Å². The highest BCUT2D eigenvalue weighted by molar-refractivity contribution is 7.99. The number of aromatic nitrogens is 4. The average molecular weight is 246 g/mol. The van der Waals surface area contributed by atoms with Crippen LogP contribution in [-0.2, 0) is 0 Å². The van der Waals surface area contributed by atoms with Crippen molar-refractivity contribution in [2.75, 3.05) is 0 Å². The number of nitrogens with zero attached hydrogens (tertiary/aromatic N) is 4. The SMILES string of the molecule is Fc1cc(Sc2nnc3ccccn23)ccn1. The Morgan fingerprint density at radius 2 is 2.12 bits per heavy atom. The van der Waals surface area contributed by atoms with E-state index < -0.39 is 5.95 Å². The van der Waals surface area contributed by atoms with Crippen LogP contribution in [0.5, 0.6) is 0 Å². The van der Waals surface area contributed by atoms with Crippen molar-refractivity contribution in [2.45, 2.75) is 10.1 Å². The summed E-state index contributed by atoms with van der Waals surface area (Å²) in [4.78, 5) is 4.25. The summed E-state index contributed by atoms with van der Waals surface area (Å²) in [6, 6.07) is 8.76. The van der Waals surface area contributed by atoms with Crippen molar-refractivity contribution < 1.29 is 4.39 Å². The van der Waals surface area contributed by atoms with E-state index in [2.05, 4.69) is 15.2 Å². The van der Waals surface area contributed by atoms with Crippen LogP contribution < -0.4 is 0 Å². The molecule has 0 unspecified atom stereocenters. The predicted molar refractivity (Wildman–Crippen MR) is 61.3 cm³/mol. The Kier molecular flexibility index (Phi) is 2.49. The van der Waals surface area contributed by atoms with Gasteiger partial charge in [-0.15, -0.1) is 10.2 Å². The zero-order chi connectivity index (χ0) is 11.7. The third kappa shape index (κ3) is 1.99. The third-order valence-electron chi connectivity index (χ3n) is 2.19. The minimum Gasteiger partial charge on any atom is -0.277 e. The van der Waals surface area contributed by atoms with E-state index >= 15 is 0 Å². The fourth-order valence-electron chi connectivity index (χ4n) is 1.44. The molecule has 3 heterocycles. The molecule has 0 saturated carbocycles. The first-order valence-electron chi connectivity index (χ1n) is 4.92. The molecule has 0 N–H and O–H groups in total. The fourth-order valence-corrected chi connectivity index (χ4v) is 2.27. The van der Waals surface area contributed by atoms with E-state index in [-0.39, 0.29) is 0 Å². The van der Waals surface area contributed by atoms with Gasteiger partial charge in [0.1, 0.15) is 0 Å². The van der Waals surface area contributed by atoms with Crippen LogP contribution in [0.15, 0.2) is 52.8 Å². The molecule has 3 aromatic heterocycles. The largest absolute Gasteiger partial charge is 0.277 e. The lowest BCUT2D eigenvalue weighted by molar-refractivity contribution is 0.579. The number of pyridine rings is 2. The topological polar surface area (TPSA) is 43.1 Å². The highest BCUT2D eigenvalue weighted by Gasteiger charge is 2.07. The second-order valence-corrected chi connectivity index (χ2v) is 4.37. The van der Waals surface area contributed by atoms with Gasteiger partial charge >= 0.3 is 0 Å². The Morgan fingerprint density at radius 1 is 1.18 bits per heavy atom. The van der Waals surface area contributed by atoms with Gasteiger partial charge in [-0.3, -0.25) is 4.40 Å². The lowest BCUT2D eigenvalue weighted by Gasteiger charge is -1.99. The van der Waals surface area contributed by atoms with Crippen LogP contribution >= 0.6 is 11.8 Å². The van der Waals surface area contributed by atoms with E-state index in [0.29, 0.717) is 5.16 Å². The van der Waals surface area contributed by atoms with E-state index in [1.54, 1.807) is 6.07 Å². The first-order valence-corrected chi connectivity index (χ1v) is 5.74. The standard InChI is InChI=1S/C11H7FN4S/c12-9-7-8(4-5-13-9)17-11-15-14-10-3-1-2-6-16(10)11/h1-7H. The molecule has 0 atom stereocenters. The van der Waals surface area contributed by atoms with Gasteiger partial charge in [0.25, 0.3) is 0 Å². The fraction of sp³-hybridized carbons (Fsp3) is 0. The van der Waals surface area contributed by atoms with Crippen LogP contribution in [0.3, 0.4) is 0 Å². The molecule has 84 valence electrons. The highest BCUT2D eigenvalue weighted by atomic mass is 32.2. The molecular weight excluding hydrogens is 239 g/mol. The van der Waals surface area contributed by atoms with E-state index in [4.69, 9.17) is 0 Å². The number of hydrogen-bond donors (Lipinski definition) is 0. The van der Waals surface area contributed by atoms with Crippen molar-refractivity contribution in [3.8, 4) is 0 Å². The molecule has 0 aliphatic carbocycles. The summed E-state index contributed by atoms with van der Waals surface area (Å²) in [5.41, 5.74) is 0.768. The summed E-state index contributed by atoms with van der Waals surface area (Å²) in [6.45, 7) is 0. The smallest absolute Gasteiger partial charge is 0.213 e. The summed E-state index contributed by atoms with van der Waals surface area (Å²) in [6.07, 6.45) is 3.30. The quantitative estimate of drug-likeness (QED) is 0.651. The Morgan fingerprint density at radius 3 is 3.00 bits per heavy atom. The van der Waals surface area contributed by atoms with Crippen LogP contribution in [0, 0.1) is 5.95 Å². The van der Waals surface area contributed by atoms with Crippen molar-refractivity contribution in [1.82, 2.24) is 19.6 Å². The van der Waals surface area contributed by atoms with Crippen molar-refractivity contribution in [3.63, 3.8) is 0 Å². The first-order chi connectivity index (χ1) is 8.33. The number of rotatable bonds is 2. The molecule has 0 spiro atoms. The Balaban J connectivity index is 2.00. The first kappa shape index (κ1) is 10.2. The van der Waals surface area contributed by atoms with Gasteiger partial charge in [-0.1, -0.05) is 6.07 Å². The van der Waals surface area contributed by atoms with Gasteiger partial charge < -0.3 is 0 Å². The summed E-state index contributed by atoms with van der Waals surface area (Å²) in [5, 5.41) is 8.77. The van der Waals surface area contributed by atoms with Gasteiger partial charge in [-0.2, -0.15) is 4.39 Å². The maximum Gasteiger partial charge on any atom is 0.213 e. The molecule has 4 nitrogen and oxygen atoms in total. The lowest BCUT2D eigenvalue weighted by Crippen LogP contribution is -1.87. The molecule has 0 amide bonds. The van der Waals surface area contributed by atoms with Gasteiger partial charge in [0.05, 0.1) is 0 Å². The summed E-state index contributed by atoms with van der Waals surface area (Å²) in [7, 11) is 0. The van der Waals surface area contributed by atoms with E-state index in [9.17, 15) is 4.39 Å². The third-order valence-corrected chi connectivity index (χ3v) is 3.14. The summed E-state index contributed by atoms with van der Waals surface area (Å²) in [5.74, 6) is -0.496. The second-order valence-electron chi connectivity index (χ2n) is 3.33. The Hall–Kier alpha value is -1.95. The van der Waals surface area contributed by atoms with Crippen molar-refractivity contribution in [3.05, 3.63) is 48.7 Å². The van der Waals surface area contributed by atoms with Crippen molar-refractivity contribution >= 4 is 17.4 Å². The van der Waals surface area contributed by atoms with Crippen LogP contribution in [0.1, 0.15) is 0 Å². The predicted octanol–water partition coefficient (Wildman–Crippen LogP) is 2.41. The molecular formula is C11H7FN4S. The van der Waals surface area contributed by atoms with Crippen LogP contribution in [0.2, 0.25) is 0 Å².